The molecule has 2 unspecified atom stereocenters. The summed E-state index contributed by atoms with van der Waals surface area (Å²) in [6.45, 7) is 5.28. The minimum absolute atomic E-state index is 0.502. The van der Waals surface area contributed by atoms with Gasteiger partial charge in [0, 0.05) is 25.0 Å². The first kappa shape index (κ1) is 15.0. The Balaban J connectivity index is 2.25. The lowest BCUT2D eigenvalue weighted by Crippen LogP contribution is -2.30. The Morgan fingerprint density at radius 2 is 2.16 bits per heavy atom. The van der Waals surface area contributed by atoms with Crippen LogP contribution in [0.15, 0.2) is 10.3 Å². The van der Waals surface area contributed by atoms with E-state index in [0.717, 1.165) is 16.9 Å². The molecule has 0 bridgehead atoms. The molecule has 0 radical (unpaired) electrons. The standard InChI is InChI=1S/C13H22N2O2S2/c1-9-5-11(9)7-15(4)19(16,17)13-10(2)8-18-12(13)6-14-3/h8-9,11,14H,5-7H2,1-4H3. The van der Waals surface area contributed by atoms with Crippen LogP contribution in [-0.4, -0.2) is 33.4 Å². The average Bonchev–Trinajstić information content (AvgIpc) is 2.87. The number of sulfonamides is 1. The van der Waals surface area contributed by atoms with Gasteiger partial charge in [-0.1, -0.05) is 6.92 Å². The molecule has 2 rings (SSSR count). The van der Waals surface area contributed by atoms with E-state index < -0.39 is 10.0 Å². The van der Waals surface area contributed by atoms with Gasteiger partial charge < -0.3 is 5.32 Å². The summed E-state index contributed by atoms with van der Waals surface area (Å²) < 4.78 is 26.9. The molecule has 1 fully saturated rings. The van der Waals surface area contributed by atoms with Crippen LogP contribution in [0.1, 0.15) is 23.8 Å². The highest BCUT2D eigenvalue weighted by atomic mass is 32.2. The predicted octanol–water partition coefficient (Wildman–Crippen LogP) is 2.05. The van der Waals surface area contributed by atoms with Crippen molar-refractivity contribution >= 4 is 21.4 Å². The van der Waals surface area contributed by atoms with Gasteiger partial charge in [-0.2, -0.15) is 0 Å². The van der Waals surface area contributed by atoms with E-state index in [1.165, 1.54) is 15.6 Å². The van der Waals surface area contributed by atoms with Crippen LogP contribution in [0.4, 0.5) is 0 Å². The second-order valence-electron chi connectivity index (χ2n) is 5.46. The number of aryl methyl sites for hydroxylation is 1. The Morgan fingerprint density at radius 3 is 2.68 bits per heavy atom. The average molecular weight is 302 g/mol. The van der Waals surface area contributed by atoms with Gasteiger partial charge in [-0.25, -0.2) is 12.7 Å². The van der Waals surface area contributed by atoms with Crippen molar-refractivity contribution in [2.75, 3.05) is 20.6 Å². The number of thiophene rings is 1. The first-order valence-corrected chi connectivity index (χ1v) is 8.87. The van der Waals surface area contributed by atoms with E-state index in [-0.39, 0.29) is 0 Å². The molecule has 1 N–H and O–H groups in total. The SMILES string of the molecule is CNCc1scc(C)c1S(=O)(=O)N(C)CC1CC1C. The zero-order valence-electron chi connectivity index (χ0n) is 11.9. The van der Waals surface area contributed by atoms with Crippen LogP contribution < -0.4 is 5.32 Å². The lowest BCUT2D eigenvalue weighted by atomic mass is 10.3. The molecule has 1 aliphatic rings. The fraction of sp³-hybridized carbons (Fsp3) is 0.692. The van der Waals surface area contributed by atoms with E-state index in [2.05, 4.69) is 12.2 Å². The maximum atomic E-state index is 12.7. The maximum absolute atomic E-state index is 12.7. The smallest absolute Gasteiger partial charge is 0.244 e. The number of nitrogens with zero attached hydrogens (tertiary/aromatic N) is 1. The topological polar surface area (TPSA) is 49.4 Å². The van der Waals surface area contributed by atoms with Gasteiger partial charge >= 0.3 is 0 Å². The van der Waals surface area contributed by atoms with Gasteiger partial charge in [-0.15, -0.1) is 11.3 Å². The highest BCUT2D eigenvalue weighted by molar-refractivity contribution is 7.89. The molecule has 108 valence electrons. The second kappa shape index (κ2) is 5.52. The van der Waals surface area contributed by atoms with E-state index in [1.54, 1.807) is 7.05 Å². The minimum Gasteiger partial charge on any atom is -0.315 e. The van der Waals surface area contributed by atoms with Crippen molar-refractivity contribution in [2.24, 2.45) is 11.8 Å². The summed E-state index contributed by atoms with van der Waals surface area (Å²) in [7, 11) is 0.176. The molecule has 0 spiro atoms. The van der Waals surface area contributed by atoms with Crippen LogP contribution in [0.2, 0.25) is 0 Å². The molecule has 4 nitrogen and oxygen atoms in total. The van der Waals surface area contributed by atoms with Crippen molar-refractivity contribution in [3.05, 3.63) is 15.8 Å². The Morgan fingerprint density at radius 1 is 1.53 bits per heavy atom. The van der Waals surface area contributed by atoms with Gasteiger partial charge in [0.1, 0.15) is 4.90 Å². The van der Waals surface area contributed by atoms with Crippen LogP contribution in [0.25, 0.3) is 0 Å². The van der Waals surface area contributed by atoms with Crippen molar-refractivity contribution in [3.63, 3.8) is 0 Å². The van der Waals surface area contributed by atoms with Crippen LogP contribution in [0.5, 0.6) is 0 Å². The molecule has 0 saturated heterocycles. The van der Waals surface area contributed by atoms with E-state index >= 15 is 0 Å². The third-order valence-electron chi connectivity index (χ3n) is 3.76. The summed E-state index contributed by atoms with van der Waals surface area (Å²) in [5.41, 5.74) is 0.853. The lowest BCUT2D eigenvalue weighted by Gasteiger charge is -2.18. The second-order valence-corrected chi connectivity index (χ2v) is 8.41. The molecule has 1 saturated carbocycles. The van der Waals surface area contributed by atoms with Gasteiger partial charge in [0.15, 0.2) is 0 Å². The largest absolute Gasteiger partial charge is 0.315 e. The van der Waals surface area contributed by atoms with Crippen molar-refractivity contribution in [2.45, 2.75) is 31.7 Å². The van der Waals surface area contributed by atoms with Crippen LogP contribution >= 0.6 is 11.3 Å². The van der Waals surface area contributed by atoms with E-state index in [4.69, 9.17) is 0 Å². The van der Waals surface area contributed by atoms with Crippen LogP contribution in [0, 0.1) is 18.8 Å². The molecule has 2 atom stereocenters. The zero-order valence-corrected chi connectivity index (χ0v) is 13.6. The first-order chi connectivity index (χ1) is 8.87. The highest BCUT2D eigenvalue weighted by Crippen LogP contribution is 2.39. The Hall–Kier alpha value is -0.430. The Kier molecular flexibility index (Phi) is 4.35. The molecule has 0 aromatic carbocycles. The van der Waals surface area contributed by atoms with Gasteiger partial charge in [0.05, 0.1) is 0 Å². The summed E-state index contributed by atoms with van der Waals surface area (Å²) in [4.78, 5) is 1.40. The summed E-state index contributed by atoms with van der Waals surface area (Å²) >= 11 is 1.51. The number of rotatable bonds is 6. The Bertz CT molecular complexity index is 551. The monoisotopic (exact) mass is 302 g/mol. The molecule has 0 amide bonds. The molecule has 1 aliphatic carbocycles. The molecule has 0 aliphatic heterocycles. The van der Waals surface area contributed by atoms with Gasteiger partial charge in [0.25, 0.3) is 0 Å². The van der Waals surface area contributed by atoms with Crippen molar-refractivity contribution in [3.8, 4) is 0 Å². The zero-order chi connectivity index (χ0) is 14.2. The lowest BCUT2D eigenvalue weighted by molar-refractivity contribution is 0.444. The predicted molar refractivity (Wildman–Crippen MR) is 78.9 cm³/mol. The first-order valence-electron chi connectivity index (χ1n) is 6.55. The highest BCUT2D eigenvalue weighted by Gasteiger charge is 2.37. The number of hydrogen-bond donors (Lipinski definition) is 1. The van der Waals surface area contributed by atoms with Crippen LogP contribution in [-0.2, 0) is 16.6 Å². The fourth-order valence-electron chi connectivity index (χ4n) is 2.35. The quantitative estimate of drug-likeness (QED) is 0.875. The minimum atomic E-state index is -3.35. The van der Waals surface area contributed by atoms with Crippen molar-refractivity contribution in [1.29, 1.82) is 0 Å². The van der Waals surface area contributed by atoms with E-state index in [9.17, 15) is 8.42 Å². The van der Waals surface area contributed by atoms with E-state index in [1.807, 2.05) is 19.4 Å². The molecular formula is C13H22N2O2S2. The molecular weight excluding hydrogens is 280 g/mol. The summed E-state index contributed by atoms with van der Waals surface area (Å²) in [5, 5.41) is 4.96. The van der Waals surface area contributed by atoms with E-state index in [0.29, 0.717) is 29.8 Å². The molecule has 1 aromatic heterocycles. The van der Waals surface area contributed by atoms with Gasteiger partial charge in [0.2, 0.25) is 10.0 Å². The summed E-state index contributed by atoms with van der Waals surface area (Å²) in [5.74, 6) is 1.20. The normalized spacial score (nSPS) is 23.0. The molecule has 6 heteroatoms. The summed E-state index contributed by atoms with van der Waals surface area (Å²) in [6.07, 6.45) is 1.14. The number of hydrogen-bond acceptors (Lipinski definition) is 4. The van der Waals surface area contributed by atoms with Crippen LogP contribution in [0.3, 0.4) is 0 Å². The Labute approximate surface area is 119 Å². The molecule has 1 heterocycles. The van der Waals surface area contributed by atoms with Gasteiger partial charge in [-0.3, -0.25) is 0 Å². The maximum Gasteiger partial charge on any atom is 0.244 e. The third kappa shape index (κ3) is 3.02. The summed E-state index contributed by atoms with van der Waals surface area (Å²) in [6, 6.07) is 0. The molecule has 19 heavy (non-hydrogen) atoms. The third-order valence-corrected chi connectivity index (χ3v) is 7.05. The van der Waals surface area contributed by atoms with Gasteiger partial charge in [-0.05, 0) is 43.2 Å². The fourth-order valence-corrected chi connectivity index (χ4v) is 5.35. The molecule has 1 aromatic rings. The number of nitrogens with one attached hydrogen (secondary N) is 1. The van der Waals surface area contributed by atoms with Crippen molar-refractivity contribution < 1.29 is 8.42 Å². The van der Waals surface area contributed by atoms with Crippen molar-refractivity contribution in [1.82, 2.24) is 9.62 Å².